The van der Waals surface area contributed by atoms with Gasteiger partial charge in [0.05, 0.1) is 0 Å². The Balaban J connectivity index is 1.91. The SMILES string of the molecule is CCCNC(c1cnccc1C)C1Cc2ccccc21. The zero-order valence-electron chi connectivity index (χ0n) is 12.3. The molecule has 1 aliphatic rings. The molecule has 3 rings (SSSR count). The highest BCUT2D eigenvalue weighted by molar-refractivity contribution is 5.43. The fraction of sp³-hybridized carbons (Fsp3) is 0.389. The molecule has 0 fully saturated rings. The molecule has 1 aromatic carbocycles. The third-order valence-corrected chi connectivity index (χ3v) is 4.33. The molecule has 0 radical (unpaired) electrons. The highest BCUT2D eigenvalue weighted by atomic mass is 14.9. The van der Waals surface area contributed by atoms with Crippen LogP contribution in [0, 0.1) is 6.92 Å². The van der Waals surface area contributed by atoms with E-state index in [1.165, 1.54) is 28.7 Å². The van der Waals surface area contributed by atoms with E-state index in [9.17, 15) is 0 Å². The first-order valence-corrected chi connectivity index (χ1v) is 7.53. The monoisotopic (exact) mass is 266 g/mol. The molecular weight excluding hydrogens is 244 g/mol. The van der Waals surface area contributed by atoms with Crippen molar-refractivity contribution in [2.45, 2.75) is 38.6 Å². The predicted octanol–water partition coefficient (Wildman–Crippen LogP) is 3.77. The summed E-state index contributed by atoms with van der Waals surface area (Å²) in [4.78, 5) is 4.33. The van der Waals surface area contributed by atoms with E-state index in [0.29, 0.717) is 12.0 Å². The van der Waals surface area contributed by atoms with E-state index in [2.05, 4.69) is 54.5 Å². The van der Waals surface area contributed by atoms with Crippen LogP contribution in [0.2, 0.25) is 0 Å². The second kappa shape index (κ2) is 5.76. The summed E-state index contributed by atoms with van der Waals surface area (Å²) in [5.41, 5.74) is 5.69. The first-order valence-electron chi connectivity index (χ1n) is 7.53. The number of benzene rings is 1. The minimum atomic E-state index is 0.388. The van der Waals surface area contributed by atoms with E-state index in [1.54, 1.807) is 0 Å². The van der Waals surface area contributed by atoms with Gasteiger partial charge in [-0.2, -0.15) is 0 Å². The van der Waals surface area contributed by atoms with Crippen molar-refractivity contribution in [3.05, 3.63) is 65.0 Å². The van der Waals surface area contributed by atoms with E-state index in [4.69, 9.17) is 0 Å². The zero-order chi connectivity index (χ0) is 13.9. The summed E-state index contributed by atoms with van der Waals surface area (Å²) in [6.45, 7) is 5.45. The van der Waals surface area contributed by atoms with Crippen LogP contribution in [0.5, 0.6) is 0 Å². The van der Waals surface area contributed by atoms with Gasteiger partial charge in [-0.15, -0.1) is 0 Å². The third-order valence-electron chi connectivity index (χ3n) is 4.33. The van der Waals surface area contributed by atoms with Crippen LogP contribution in [0.15, 0.2) is 42.7 Å². The van der Waals surface area contributed by atoms with E-state index >= 15 is 0 Å². The Kier molecular flexibility index (Phi) is 3.83. The lowest BCUT2D eigenvalue weighted by molar-refractivity contribution is 0.409. The lowest BCUT2D eigenvalue weighted by Gasteiger charge is -2.38. The van der Waals surface area contributed by atoms with Crippen molar-refractivity contribution in [3.63, 3.8) is 0 Å². The number of hydrogen-bond donors (Lipinski definition) is 1. The highest BCUT2D eigenvalue weighted by Gasteiger charge is 2.33. The van der Waals surface area contributed by atoms with Gasteiger partial charge >= 0.3 is 0 Å². The number of rotatable bonds is 5. The van der Waals surface area contributed by atoms with Gasteiger partial charge in [0.2, 0.25) is 0 Å². The number of nitrogens with one attached hydrogen (secondary N) is 1. The van der Waals surface area contributed by atoms with Gasteiger partial charge < -0.3 is 5.32 Å². The van der Waals surface area contributed by atoms with Crippen LogP contribution in [0.25, 0.3) is 0 Å². The van der Waals surface area contributed by atoms with Gasteiger partial charge in [0.15, 0.2) is 0 Å². The molecule has 1 aliphatic carbocycles. The molecule has 2 heteroatoms. The number of fused-ring (bicyclic) bond motifs is 1. The standard InChI is InChI=1S/C18H22N2/c1-3-9-20-18(17-12-19-10-8-13(17)2)16-11-14-6-4-5-7-15(14)16/h4-8,10,12,16,18,20H,3,9,11H2,1-2H3. The Hall–Kier alpha value is -1.67. The maximum atomic E-state index is 4.33. The lowest BCUT2D eigenvalue weighted by Crippen LogP contribution is -2.34. The van der Waals surface area contributed by atoms with E-state index in [1.807, 2.05) is 12.4 Å². The molecule has 1 heterocycles. The molecule has 2 atom stereocenters. The zero-order valence-corrected chi connectivity index (χ0v) is 12.3. The van der Waals surface area contributed by atoms with Gasteiger partial charge in [0.1, 0.15) is 0 Å². The van der Waals surface area contributed by atoms with Gasteiger partial charge in [-0.1, -0.05) is 31.2 Å². The molecule has 1 N–H and O–H groups in total. The summed E-state index contributed by atoms with van der Waals surface area (Å²) < 4.78 is 0. The average molecular weight is 266 g/mol. The van der Waals surface area contributed by atoms with Crippen LogP contribution >= 0.6 is 0 Å². The first-order chi connectivity index (χ1) is 9.81. The summed E-state index contributed by atoms with van der Waals surface area (Å²) in [6.07, 6.45) is 6.24. The van der Waals surface area contributed by atoms with Gasteiger partial charge in [-0.25, -0.2) is 0 Å². The van der Waals surface area contributed by atoms with Gasteiger partial charge in [-0.3, -0.25) is 4.98 Å². The van der Waals surface area contributed by atoms with Crippen molar-refractivity contribution >= 4 is 0 Å². The Morgan fingerprint density at radius 3 is 2.90 bits per heavy atom. The van der Waals surface area contributed by atoms with Gasteiger partial charge in [-0.05, 0) is 54.6 Å². The largest absolute Gasteiger partial charge is 0.309 e. The minimum Gasteiger partial charge on any atom is -0.309 e. The fourth-order valence-corrected chi connectivity index (χ4v) is 3.17. The summed E-state index contributed by atoms with van der Waals surface area (Å²) >= 11 is 0. The van der Waals surface area contributed by atoms with E-state index < -0.39 is 0 Å². The van der Waals surface area contributed by atoms with Gasteiger partial charge in [0, 0.05) is 24.4 Å². The van der Waals surface area contributed by atoms with Crippen molar-refractivity contribution in [3.8, 4) is 0 Å². The molecule has 2 nitrogen and oxygen atoms in total. The normalized spacial score (nSPS) is 18.2. The van der Waals surface area contributed by atoms with Gasteiger partial charge in [0.25, 0.3) is 0 Å². The highest BCUT2D eigenvalue weighted by Crippen LogP contribution is 2.43. The smallest absolute Gasteiger partial charge is 0.0410 e. The number of hydrogen-bond acceptors (Lipinski definition) is 2. The summed E-state index contributed by atoms with van der Waals surface area (Å²) in [5.74, 6) is 0.584. The average Bonchev–Trinajstić information content (AvgIpc) is 2.45. The van der Waals surface area contributed by atoms with Crippen LogP contribution in [0.4, 0.5) is 0 Å². The van der Waals surface area contributed by atoms with Crippen molar-refractivity contribution in [1.82, 2.24) is 10.3 Å². The van der Waals surface area contributed by atoms with Crippen LogP contribution in [-0.2, 0) is 6.42 Å². The summed E-state index contributed by atoms with van der Waals surface area (Å²) in [7, 11) is 0. The maximum Gasteiger partial charge on any atom is 0.0410 e. The molecule has 2 unspecified atom stereocenters. The maximum absolute atomic E-state index is 4.33. The summed E-state index contributed by atoms with van der Waals surface area (Å²) in [5, 5.41) is 3.73. The molecule has 0 aliphatic heterocycles. The molecule has 104 valence electrons. The van der Waals surface area contributed by atoms with Crippen molar-refractivity contribution in [2.24, 2.45) is 0 Å². The number of pyridine rings is 1. The van der Waals surface area contributed by atoms with Crippen LogP contribution in [-0.4, -0.2) is 11.5 Å². The second-order valence-corrected chi connectivity index (χ2v) is 5.67. The molecular formula is C18H22N2. The van der Waals surface area contributed by atoms with E-state index in [-0.39, 0.29) is 0 Å². The number of aromatic nitrogens is 1. The van der Waals surface area contributed by atoms with Crippen LogP contribution in [0.3, 0.4) is 0 Å². The van der Waals surface area contributed by atoms with Crippen LogP contribution in [0.1, 0.15) is 47.6 Å². The quantitative estimate of drug-likeness (QED) is 0.891. The summed E-state index contributed by atoms with van der Waals surface area (Å²) in [6, 6.07) is 11.3. The predicted molar refractivity (Wildman–Crippen MR) is 82.9 cm³/mol. The fourth-order valence-electron chi connectivity index (χ4n) is 3.17. The van der Waals surface area contributed by atoms with E-state index in [0.717, 1.165) is 13.0 Å². The molecule has 20 heavy (non-hydrogen) atoms. The molecule has 1 aromatic heterocycles. The topological polar surface area (TPSA) is 24.9 Å². The van der Waals surface area contributed by atoms with Crippen molar-refractivity contribution in [1.29, 1.82) is 0 Å². The number of nitrogens with zero attached hydrogens (tertiary/aromatic N) is 1. The molecule has 2 aromatic rings. The van der Waals surface area contributed by atoms with Crippen molar-refractivity contribution in [2.75, 3.05) is 6.54 Å². The Labute approximate surface area is 121 Å². The Bertz CT molecular complexity index is 591. The molecule has 0 saturated carbocycles. The minimum absolute atomic E-state index is 0.388. The Morgan fingerprint density at radius 2 is 2.15 bits per heavy atom. The van der Waals surface area contributed by atoms with Crippen LogP contribution < -0.4 is 5.32 Å². The van der Waals surface area contributed by atoms with Crippen molar-refractivity contribution < 1.29 is 0 Å². The molecule has 0 bridgehead atoms. The molecule has 0 saturated heterocycles. The second-order valence-electron chi connectivity index (χ2n) is 5.67. The lowest BCUT2D eigenvalue weighted by atomic mass is 9.71. The molecule has 0 amide bonds. The third kappa shape index (κ3) is 2.36. The Morgan fingerprint density at radius 1 is 1.30 bits per heavy atom. The molecule has 0 spiro atoms. The first kappa shape index (κ1) is 13.3. The number of aryl methyl sites for hydroxylation is 1.